The fourth-order valence-electron chi connectivity index (χ4n) is 3.26. The highest BCUT2D eigenvalue weighted by molar-refractivity contribution is 7.80. The lowest BCUT2D eigenvalue weighted by Crippen LogP contribution is -2.34. The summed E-state index contributed by atoms with van der Waals surface area (Å²) in [5, 5.41) is 19.9. The van der Waals surface area contributed by atoms with Crippen LogP contribution in [0.2, 0.25) is 0 Å². The van der Waals surface area contributed by atoms with E-state index in [0.717, 1.165) is 10.9 Å². The van der Waals surface area contributed by atoms with Crippen LogP contribution in [0.15, 0.2) is 77.2 Å². The lowest BCUT2D eigenvalue weighted by atomic mass is 10.1. The number of thiocarbonyl (C=S) groups is 1. The third-order valence-corrected chi connectivity index (χ3v) is 5.13. The van der Waals surface area contributed by atoms with Gasteiger partial charge in [0.25, 0.3) is 17.5 Å². The lowest BCUT2D eigenvalue weighted by Gasteiger charge is -2.12. The first-order chi connectivity index (χ1) is 16.3. The number of hydrogen-bond donors (Lipinski definition) is 3. The maximum Gasteiger partial charge on any atom is 0.291 e. The Labute approximate surface area is 198 Å². The van der Waals surface area contributed by atoms with E-state index in [1.165, 1.54) is 24.3 Å². The molecule has 1 aromatic heterocycles. The average Bonchev–Trinajstić information content (AvgIpc) is 3.25. The Balaban J connectivity index is 1.39. The number of non-ortho nitro benzene ring substituents is 1. The van der Waals surface area contributed by atoms with Crippen LogP contribution in [-0.4, -0.2) is 21.9 Å². The molecule has 10 heteroatoms. The molecule has 2 amide bonds. The van der Waals surface area contributed by atoms with E-state index < -0.39 is 10.8 Å². The van der Waals surface area contributed by atoms with Crippen LogP contribution in [0.3, 0.4) is 0 Å². The number of hydrogen-bond acceptors (Lipinski definition) is 6. The van der Waals surface area contributed by atoms with Gasteiger partial charge in [-0.15, -0.1) is 0 Å². The SMILES string of the molecule is Cc1cc(NC(=S)NC(=O)c2cccc([N+](=O)[O-])c2)ccc1NC(=O)c1cc2ccccc2o1. The molecule has 0 unspecified atom stereocenters. The van der Waals surface area contributed by atoms with Gasteiger partial charge in [-0.2, -0.15) is 0 Å². The molecule has 9 nitrogen and oxygen atoms in total. The second-order valence-electron chi connectivity index (χ2n) is 7.35. The normalized spacial score (nSPS) is 10.5. The number of amides is 2. The minimum Gasteiger partial charge on any atom is -0.451 e. The summed E-state index contributed by atoms with van der Waals surface area (Å²) in [6, 6.07) is 19.5. The van der Waals surface area contributed by atoms with Gasteiger partial charge in [-0.25, -0.2) is 0 Å². The number of aryl methyl sites for hydroxylation is 1. The summed E-state index contributed by atoms with van der Waals surface area (Å²) in [7, 11) is 0. The van der Waals surface area contributed by atoms with E-state index in [1.54, 1.807) is 30.3 Å². The van der Waals surface area contributed by atoms with Crippen LogP contribution in [-0.2, 0) is 0 Å². The highest BCUT2D eigenvalue weighted by atomic mass is 32.1. The number of furan rings is 1. The van der Waals surface area contributed by atoms with Crippen LogP contribution >= 0.6 is 12.2 Å². The predicted molar refractivity (Wildman–Crippen MR) is 132 cm³/mol. The molecular weight excluding hydrogens is 456 g/mol. The second kappa shape index (κ2) is 9.51. The maximum absolute atomic E-state index is 12.6. The van der Waals surface area contributed by atoms with Crippen molar-refractivity contribution in [3.05, 3.63) is 99.8 Å². The van der Waals surface area contributed by atoms with Crippen LogP contribution < -0.4 is 16.0 Å². The zero-order valence-electron chi connectivity index (χ0n) is 17.8. The van der Waals surface area contributed by atoms with E-state index in [9.17, 15) is 19.7 Å². The maximum atomic E-state index is 12.6. The van der Waals surface area contributed by atoms with Gasteiger partial charge < -0.3 is 15.1 Å². The average molecular weight is 474 g/mol. The molecule has 3 aromatic carbocycles. The quantitative estimate of drug-likeness (QED) is 0.210. The van der Waals surface area contributed by atoms with E-state index in [1.807, 2.05) is 25.1 Å². The molecule has 1 heterocycles. The van der Waals surface area contributed by atoms with Gasteiger partial charge in [-0.05, 0) is 61.1 Å². The first kappa shape index (κ1) is 22.6. The number of nitro groups is 1. The number of nitrogens with one attached hydrogen (secondary N) is 3. The fraction of sp³-hybridized carbons (Fsp3) is 0.0417. The summed E-state index contributed by atoms with van der Waals surface area (Å²) >= 11 is 5.18. The summed E-state index contributed by atoms with van der Waals surface area (Å²) in [4.78, 5) is 35.2. The van der Waals surface area contributed by atoms with Crippen molar-refractivity contribution in [3.63, 3.8) is 0 Å². The number of fused-ring (bicyclic) bond motifs is 1. The van der Waals surface area contributed by atoms with Crippen LogP contribution in [0.4, 0.5) is 17.1 Å². The predicted octanol–water partition coefficient (Wildman–Crippen LogP) is 5.03. The van der Waals surface area contributed by atoms with Gasteiger partial charge in [-0.3, -0.25) is 25.0 Å². The Morgan fingerprint density at radius 3 is 2.47 bits per heavy atom. The van der Waals surface area contributed by atoms with Crippen LogP contribution in [0.5, 0.6) is 0 Å². The molecule has 0 aliphatic heterocycles. The Hall–Kier alpha value is -4.57. The number of anilines is 2. The topological polar surface area (TPSA) is 127 Å². The molecule has 3 N–H and O–H groups in total. The monoisotopic (exact) mass is 474 g/mol. The fourth-order valence-corrected chi connectivity index (χ4v) is 3.47. The molecule has 0 saturated heterocycles. The van der Waals surface area contributed by atoms with Gasteiger partial charge >= 0.3 is 0 Å². The van der Waals surface area contributed by atoms with Gasteiger partial charge in [0.05, 0.1) is 4.92 Å². The number of nitro benzene ring substituents is 1. The van der Waals surface area contributed by atoms with Gasteiger partial charge in [0, 0.05) is 34.5 Å². The Morgan fingerprint density at radius 2 is 1.74 bits per heavy atom. The molecule has 170 valence electrons. The zero-order valence-corrected chi connectivity index (χ0v) is 18.6. The lowest BCUT2D eigenvalue weighted by molar-refractivity contribution is -0.384. The molecule has 4 aromatic rings. The van der Waals surface area contributed by atoms with Gasteiger partial charge in [0.1, 0.15) is 5.58 Å². The van der Waals surface area contributed by atoms with Gasteiger partial charge in [0.15, 0.2) is 10.9 Å². The van der Waals surface area contributed by atoms with Crippen molar-refractivity contribution in [2.24, 2.45) is 0 Å². The molecule has 0 bridgehead atoms. The summed E-state index contributed by atoms with van der Waals surface area (Å²) in [6.45, 7) is 1.81. The van der Waals surface area contributed by atoms with Gasteiger partial charge in [-0.1, -0.05) is 24.3 Å². The minimum atomic E-state index is -0.579. The van der Waals surface area contributed by atoms with Crippen LogP contribution in [0.1, 0.15) is 26.5 Å². The number of carbonyl (C=O) groups is 2. The second-order valence-corrected chi connectivity index (χ2v) is 7.76. The standard InChI is InChI=1S/C24H18N4O5S/c1-14-11-17(25-24(34)27-22(29)16-6-4-7-18(12-16)28(31)32)9-10-19(14)26-23(30)21-13-15-5-2-3-8-20(15)33-21/h2-13H,1H3,(H,26,30)(H2,25,27,29,34). The van der Waals surface area contributed by atoms with E-state index in [2.05, 4.69) is 16.0 Å². The first-order valence-corrected chi connectivity index (χ1v) is 10.5. The molecule has 4 rings (SSSR count). The largest absolute Gasteiger partial charge is 0.451 e. The molecule has 0 atom stereocenters. The summed E-state index contributed by atoms with van der Waals surface area (Å²) in [6.07, 6.45) is 0. The van der Waals surface area contributed by atoms with Crippen molar-refractivity contribution >= 4 is 57.2 Å². The number of rotatable bonds is 5. The van der Waals surface area contributed by atoms with E-state index in [4.69, 9.17) is 16.6 Å². The van der Waals surface area contributed by atoms with E-state index in [-0.39, 0.29) is 28.0 Å². The first-order valence-electron chi connectivity index (χ1n) is 10.1. The number of nitrogens with zero attached hydrogens (tertiary/aromatic N) is 1. The number of benzene rings is 3. The minimum absolute atomic E-state index is 0.0231. The third-order valence-electron chi connectivity index (χ3n) is 4.93. The molecule has 0 spiro atoms. The summed E-state index contributed by atoms with van der Waals surface area (Å²) in [5.41, 5.74) is 2.47. The molecule has 34 heavy (non-hydrogen) atoms. The number of carbonyl (C=O) groups excluding carboxylic acids is 2. The number of para-hydroxylation sites is 1. The van der Waals surface area contributed by atoms with Crippen molar-refractivity contribution in [1.29, 1.82) is 0 Å². The van der Waals surface area contributed by atoms with E-state index in [0.29, 0.717) is 17.0 Å². The van der Waals surface area contributed by atoms with Crippen molar-refractivity contribution in [1.82, 2.24) is 5.32 Å². The zero-order chi connectivity index (χ0) is 24.2. The van der Waals surface area contributed by atoms with Crippen LogP contribution in [0, 0.1) is 17.0 Å². The summed E-state index contributed by atoms with van der Waals surface area (Å²) in [5.74, 6) is -0.750. The van der Waals surface area contributed by atoms with Crippen molar-refractivity contribution in [2.75, 3.05) is 10.6 Å². The molecule has 0 aliphatic carbocycles. The third kappa shape index (κ3) is 5.08. The molecule has 0 radical (unpaired) electrons. The van der Waals surface area contributed by atoms with E-state index >= 15 is 0 Å². The highest BCUT2D eigenvalue weighted by Crippen LogP contribution is 2.23. The molecule has 0 saturated carbocycles. The van der Waals surface area contributed by atoms with Gasteiger partial charge in [0.2, 0.25) is 0 Å². The van der Waals surface area contributed by atoms with Crippen LogP contribution in [0.25, 0.3) is 11.0 Å². The Morgan fingerprint density at radius 1 is 0.941 bits per heavy atom. The van der Waals surface area contributed by atoms with Crippen molar-refractivity contribution in [3.8, 4) is 0 Å². The Bertz CT molecular complexity index is 1410. The molecule has 0 fully saturated rings. The molecule has 0 aliphatic rings. The smallest absolute Gasteiger partial charge is 0.291 e. The molecular formula is C24H18N4O5S. The highest BCUT2D eigenvalue weighted by Gasteiger charge is 2.15. The van der Waals surface area contributed by atoms with Crippen molar-refractivity contribution in [2.45, 2.75) is 6.92 Å². The summed E-state index contributed by atoms with van der Waals surface area (Å²) < 4.78 is 5.59. The Kier molecular flexibility index (Phi) is 6.33. The van der Waals surface area contributed by atoms with Crippen molar-refractivity contribution < 1.29 is 18.9 Å².